The van der Waals surface area contributed by atoms with Crippen LogP contribution in [0.4, 0.5) is 0 Å². The molecule has 3 heteroatoms. The fraction of sp³-hybridized carbons (Fsp3) is 0.529. The van der Waals surface area contributed by atoms with Crippen LogP contribution in [-0.2, 0) is 4.74 Å². The van der Waals surface area contributed by atoms with Crippen LogP contribution in [0.25, 0.3) is 10.1 Å². The Kier molecular flexibility index (Phi) is 3.29. The van der Waals surface area contributed by atoms with E-state index < -0.39 is 0 Å². The van der Waals surface area contributed by atoms with Crippen molar-refractivity contribution in [1.82, 2.24) is 5.32 Å². The van der Waals surface area contributed by atoms with E-state index in [0.29, 0.717) is 0 Å². The van der Waals surface area contributed by atoms with Gasteiger partial charge in [-0.25, -0.2) is 0 Å². The van der Waals surface area contributed by atoms with Crippen LogP contribution in [0.1, 0.15) is 43.1 Å². The van der Waals surface area contributed by atoms with Crippen molar-refractivity contribution in [2.45, 2.75) is 43.7 Å². The number of benzene rings is 1. The van der Waals surface area contributed by atoms with Crippen LogP contribution in [0, 0.1) is 0 Å². The summed E-state index contributed by atoms with van der Waals surface area (Å²) in [6, 6.07) is 10.9. The van der Waals surface area contributed by atoms with Crippen molar-refractivity contribution in [2.24, 2.45) is 0 Å². The van der Waals surface area contributed by atoms with Crippen LogP contribution >= 0.6 is 11.3 Å². The Morgan fingerprint density at radius 1 is 1.15 bits per heavy atom. The van der Waals surface area contributed by atoms with Gasteiger partial charge in [-0.2, -0.15) is 0 Å². The lowest BCUT2D eigenvalue weighted by Gasteiger charge is -2.43. The van der Waals surface area contributed by atoms with Crippen molar-refractivity contribution in [1.29, 1.82) is 0 Å². The fourth-order valence-corrected chi connectivity index (χ4v) is 4.69. The summed E-state index contributed by atoms with van der Waals surface area (Å²) in [5.41, 5.74) is 0.283. The molecule has 1 spiro atoms. The largest absolute Gasteiger partial charge is 0.369 e. The van der Waals surface area contributed by atoms with Crippen molar-refractivity contribution in [3.8, 4) is 0 Å². The summed E-state index contributed by atoms with van der Waals surface area (Å²) in [6.45, 7) is 1.85. The Balaban J connectivity index is 1.50. The normalized spacial score (nSPS) is 26.1. The summed E-state index contributed by atoms with van der Waals surface area (Å²) in [7, 11) is 0. The Labute approximate surface area is 124 Å². The highest BCUT2D eigenvalue weighted by atomic mass is 32.1. The Morgan fingerprint density at radius 2 is 2.00 bits per heavy atom. The van der Waals surface area contributed by atoms with Gasteiger partial charge in [0.25, 0.3) is 0 Å². The number of rotatable bonds is 1. The maximum absolute atomic E-state index is 6.23. The van der Waals surface area contributed by atoms with Gasteiger partial charge in [-0.1, -0.05) is 37.5 Å². The van der Waals surface area contributed by atoms with Gasteiger partial charge in [0.05, 0.1) is 6.61 Å². The second kappa shape index (κ2) is 5.14. The molecule has 1 aliphatic carbocycles. The minimum atomic E-state index is 0.236. The molecule has 2 fully saturated rings. The monoisotopic (exact) mass is 287 g/mol. The summed E-state index contributed by atoms with van der Waals surface area (Å²) < 4.78 is 7.60. The molecule has 0 amide bonds. The van der Waals surface area contributed by atoms with E-state index in [1.54, 1.807) is 0 Å². The third-order valence-electron chi connectivity index (χ3n) is 4.80. The number of hydrogen-bond acceptors (Lipinski definition) is 3. The standard InChI is InChI=1S/C17H21NOS/c1-4-8-17(9-5-1)12-19-14(11-18-17)16-10-13-6-2-3-7-15(13)20-16/h2-3,6-7,10,14,18H,1,4-5,8-9,11-12H2. The quantitative estimate of drug-likeness (QED) is 0.846. The Hall–Kier alpha value is -0.900. The topological polar surface area (TPSA) is 21.3 Å². The molecule has 1 unspecified atom stereocenters. The molecule has 1 atom stereocenters. The first kappa shape index (κ1) is 12.8. The second-order valence-corrected chi connectivity index (χ2v) is 7.32. The van der Waals surface area contributed by atoms with Crippen molar-refractivity contribution >= 4 is 21.4 Å². The second-order valence-electron chi connectivity index (χ2n) is 6.21. The molecule has 1 saturated heterocycles. The first-order valence-corrected chi connectivity index (χ1v) is 8.51. The Morgan fingerprint density at radius 3 is 2.75 bits per heavy atom. The molecule has 1 aromatic heterocycles. The van der Waals surface area contributed by atoms with Gasteiger partial charge in [-0.05, 0) is 30.4 Å². The summed E-state index contributed by atoms with van der Waals surface area (Å²) in [5, 5.41) is 5.15. The van der Waals surface area contributed by atoms with Gasteiger partial charge >= 0.3 is 0 Å². The molecule has 1 N–H and O–H groups in total. The number of fused-ring (bicyclic) bond motifs is 1. The number of hydrogen-bond donors (Lipinski definition) is 1. The fourth-order valence-electron chi connectivity index (χ4n) is 3.57. The number of morpholine rings is 1. The van der Waals surface area contributed by atoms with Gasteiger partial charge < -0.3 is 10.1 Å². The smallest absolute Gasteiger partial charge is 0.104 e. The molecule has 106 valence electrons. The molecule has 20 heavy (non-hydrogen) atoms. The van der Waals surface area contributed by atoms with Crippen molar-refractivity contribution in [3.63, 3.8) is 0 Å². The summed E-state index contributed by atoms with van der Waals surface area (Å²) >= 11 is 1.87. The molecule has 2 heterocycles. The molecule has 1 aliphatic heterocycles. The van der Waals surface area contributed by atoms with Crippen LogP contribution < -0.4 is 5.32 Å². The number of ether oxygens (including phenoxy) is 1. The maximum atomic E-state index is 6.23. The zero-order valence-corrected chi connectivity index (χ0v) is 12.5. The Bertz CT molecular complexity index is 557. The minimum absolute atomic E-state index is 0.236. The minimum Gasteiger partial charge on any atom is -0.369 e. The van der Waals surface area contributed by atoms with Crippen LogP contribution in [-0.4, -0.2) is 18.7 Å². The van der Waals surface area contributed by atoms with E-state index in [2.05, 4.69) is 35.6 Å². The lowest BCUT2D eigenvalue weighted by molar-refractivity contribution is -0.0451. The third-order valence-corrected chi connectivity index (χ3v) is 6.00. The maximum Gasteiger partial charge on any atom is 0.104 e. The molecule has 0 radical (unpaired) electrons. The highest BCUT2D eigenvalue weighted by molar-refractivity contribution is 7.19. The third kappa shape index (κ3) is 2.28. The van der Waals surface area contributed by atoms with Gasteiger partial charge in [0.1, 0.15) is 6.10 Å². The molecular weight excluding hydrogens is 266 g/mol. The van der Waals surface area contributed by atoms with Crippen LogP contribution in [0.3, 0.4) is 0 Å². The highest BCUT2D eigenvalue weighted by Gasteiger charge is 2.37. The number of thiophene rings is 1. The van der Waals surface area contributed by atoms with E-state index in [1.165, 1.54) is 47.1 Å². The van der Waals surface area contributed by atoms with Crippen molar-refractivity contribution in [3.05, 3.63) is 35.2 Å². The SMILES string of the molecule is c1ccc2sc(C3CNC4(CCCCC4)CO3)cc2c1. The van der Waals surface area contributed by atoms with E-state index >= 15 is 0 Å². The van der Waals surface area contributed by atoms with E-state index in [1.807, 2.05) is 11.3 Å². The van der Waals surface area contributed by atoms with E-state index in [-0.39, 0.29) is 11.6 Å². The lowest BCUT2D eigenvalue weighted by Crippen LogP contribution is -2.55. The average Bonchev–Trinajstić information content (AvgIpc) is 2.93. The highest BCUT2D eigenvalue weighted by Crippen LogP contribution is 2.37. The van der Waals surface area contributed by atoms with E-state index in [9.17, 15) is 0 Å². The molecule has 1 aromatic carbocycles. The van der Waals surface area contributed by atoms with Crippen LogP contribution in [0.2, 0.25) is 0 Å². The van der Waals surface area contributed by atoms with Gasteiger partial charge in [0.2, 0.25) is 0 Å². The zero-order chi connectivity index (χ0) is 13.4. The first-order valence-electron chi connectivity index (χ1n) is 7.70. The van der Waals surface area contributed by atoms with Crippen LogP contribution in [0.5, 0.6) is 0 Å². The summed E-state index contributed by atoms with van der Waals surface area (Å²) in [4.78, 5) is 1.37. The summed E-state index contributed by atoms with van der Waals surface area (Å²) in [6.07, 6.45) is 6.90. The van der Waals surface area contributed by atoms with E-state index in [0.717, 1.165) is 13.2 Å². The van der Waals surface area contributed by atoms with E-state index in [4.69, 9.17) is 4.74 Å². The molecular formula is C17H21NOS. The molecule has 1 saturated carbocycles. The van der Waals surface area contributed by atoms with Crippen molar-refractivity contribution < 1.29 is 4.74 Å². The van der Waals surface area contributed by atoms with Gasteiger partial charge in [0.15, 0.2) is 0 Å². The first-order chi connectivity index (χ1) is 9.85. The van der Waals surface area contributed by atoms with Gasteiger partial charge in [0, 0.05) is 21.7 Å². The summed E-state index contributed by atoms with van der Waals surface area (Å²) in [5.74, 6) is 0. The lowest BCUT2D eigenvalue weighted by atomic mass is 9.81. The molecule has 2 nitrogen and oxygen atoms in total. The predicted molar refractivity (Wildman–Crippen MR) is 84.3 cm³/mol. The molecule has 2 aliphatic rings. The molecule has 4 rings (SSSR count). The zero-order valence-electron chi connectivity index (χ0n) is 11.7. The molecule has 2 aromatic rings. The molecule has 0 bridgehead atoms. The average molecular weight is 287 g/mol. The number of nitrogens with one attached hydrogen (secondary N) is 1. The van der Waals surface area contributed by atoms with Gasteiger partial charge in [-0.15, -0.1) is 11.3 Å². The van der Waals surface area contributed by atoms with Crippen LogP contribution in [0.15, 0.2) is 30.3 Å². The van der Waals surface area contributed by atoms with Gasteiger partial charge in [-0.3, -0.25) is 0 Å². The van der Waals surface area contributed by atoms with Crippen molar-refractivity contribution in [2.75, 3.05) is 13.2 Å². The predicted octanol–water partition coefficient (Wildman–Crippen LogP) is 4.27.